The molecule has 136 valence electrons. The Morgan fingerprint density at radius 2 is 1.35 bits per heavy atom. The van der Waals surface area contributed by atoms with Gasteiger partial charge in [-0.2, -0.15) is 0 Å². The van der Waals surface area contributed by atoms with Crippen molar-refractivity contribution in [2.45, 2.75) is 123 Å². The van der Waals surface area contributed by atoms with Crippen molar-refractivity contribution in [1.82, 2.24) is 5.32 Å². The molecule has 2 rings (SSSR count). The van der Waals surface area contributed by atoms with E-state index in [-0.39, 0.29) is 0 Å². The van der Waals surface area contributed by atoms with Crippen LogP contribution in [0.3, 0.4) is 0 Å². The second kappa shape index (κ2) is 9.44. The molecule has 0 heterocycles. The van der Waals surface area contributed by atoms with E-state index >= 15 is 0 Å². The fourth-order valence-corrected chi connectivity index (χ4v) is 5.90. The molecule has 23 heavy (non-hydrogen) atoms. The number of hydrogen-bond donors (Lipinski definition) is 1. The molecule has 1 nitrogen and oxygen atoms in total. The molecule has 0 aromatic heterocycles. The lowest BCUT2D eigenvalue weighted by Crippen LogP contribution is -2.55. The second-order valence-corrected chi connectivity index (χ2v) is 8.53. The molecule has 0 saturated heterocycles. The average molecular weight is 322 g/mol. The highest BCUT2D eigenvalue weighted by atomic mass is 15.0. The zero-order chi connectivity index (χ0) is 16.7. The van der Waals surface area contributed by atoms with Crippen LogP contribution in [-0.2, 0) is 0 Å². The van der Waals surface area contributed by atoms with Crippen LogP contribution in [0.15, 0.2) is 0 Å². The summed E-state index contributed by atoms with van der Waals surface area (Å²) in [5.41, 5.74) is 0.437. The van der Waals surface area contributed by atoms with E-state index in [2.05, 4.69) is 33.0 Å². The molecule has 0 aromatic rings. The lowest BCUT2D eigenvalue weighted by Gasteiger charge is -2.46. The molecular formula is C22H43N. The van der Waals surface area contributed by atoms with Gasteiger partial charge in [0.2, 0.25) is 0 Å². The summed E-state index contributed by atoms with van der Waals surface area (Å²) >= 11 is 0. The van der Waals surface area contributed by atoms with Gasteiger partial charge in [-0.05, 0) is 69.1 Å². The van der Waals surface area contributed by atoms with Crippen LogP contribution < -0.4 is 5.32 Å². The maximum Gasteiger partial charge on any atom is 0.0207 e. The summed E-state index contributed by atoms with van der Waals surface area (Å²) in [6.45, 7) is 9.64. The first-order valence-electron chi connectivity index (χ1n) is 11.0. The Kier molecular flexibility index (Phi) is 7.92. The van der Waals surface area contributed by atoms with Gasteiger partial charge in [0.05, 0.1) is 0 Å². The van der Waals surface area contributed by atoms with E-state index in [0.717, 1.165) is 23.8 Å². The summed E-state index contributed by atoms with van der Waals surface area (Å²) in [6.07, 6.45) is 18.6. The van der Waals surface area contributed by atoms with Crippen LogP contribution in [0.1, 0.15) is 111 Å². The fourth-order valence-electron chi connectivity index (χ4n) is 5.90. The van der Waals surface area contributed by atoms with E-state index < -0.39 is 0 Å². The molecule has 2 saturated carbocycles. The van der Waals surface area contributed by atoms with Crippen LogP contribution in [0.2, 0.25) is 0 Å². The topological polar surface area (TPSA) is 12.0 Å². The van der Waals surface area contributed by atoms with Gasteiger partial charge in [0, 0.05) is 11.6 Å². The maximum absolute atomic E-state index is 4.23. The Balaban J connectivity index is 1.91. The Morgan fingerprint density at radius 1 is 0.783 bits per heavy atom. The zero-order valence-corrected chi connectivity index (χ0v) is 16.5. The molecule has 1 N–H and O–H groups in total. The molecule has 0 amide bonds. The molecule has 2 fully saturated rings. The smallest absolute Gasteiger partial charge is 0.0207 e. The van der Waals surface area contributed by atoms with Gasteiger partial charge in [0.15, 0.2) is 0 Å². The minimum Gasteiger partial charge on any atom is -0.308 e. The van der Waals surface area contributed by atoms with Crippen molar-refractivity contribution in [3.05, 3.63) is 0 Å². The van der Waals surface area contributed by atoms with Crippen LogP contribution in [0.25, 0.3) is 0 Å². The molecule has 0 radical (unpaired) electrons. The quantitative estimate of drug-likeness (QED) is 0.524. The molecule has 2 aliphatic rings. The number of hydrogen-bond acceptors (Lipinski definition) is 1. The van der Waals surface area contributed by atoms with Crippen LogP contribution >= 0.6 is 0 Å². The van der Waals surface area contributed by atoms with Crippen molar-refractivity contribution in [2.24, 2.45) is 17.8 Å². The van der Waals surface area contributed by atoms with Crippen molar-refractivity contribution < 1.29 is 0 Å². The molecule has 0 bridgehead atoms. The minimum atomic E-state index is 0.437. The monoisotopic (exact) mass is 321 g/mol. The zero-order valence-electron chi connectivity index (χ0n) is 16.5. The fraction of sp³-hybridized carbons (Fsp3) is 1.00. The first-order chi connectivity index (χ1) is 11.2. The van der Waals surface area contributed by atoms with Crippen molar-refractivity contribution in [1.29, 1.82) is 0 Å². The van der Waals surface area contributed by atoms with Crippen molar-refractivity contribution in [3.8, 4) is 0 Å². The molecule has 0 aliphatic heterocycles. The number of nitrogens with one attached hydrogen (secondary N) is 1. The number of rotatable bonds is 8. The molecule has 1 heteroatoms. The third-order valence-corrected chi connectivity index (χ3v) is 7.63. The van der Waals surface area contributed by atoms with Gasteiger partial charge in [-0.15, -0.1) is 0 Å². The van der Waals surface area contributed by atoms with Gasteiger partial charge in [-0.3, -0.25) is 0 Å². The van der Waals surface area contributed by atoms with Gasteiger partial charge in [-0.1, -0.05) is 59.8 Å². The summed E-state index contributed by atoms with van der Waals surface area (Å²) in [4.78, 5) is 0. The summed E-state index contributed by atoms with van der Waals surface area (Å²) < 4.78 is 0. The SMILES string of the molecule is CCC(CC)C1CCC(NC(CC)(CC)C2CCCCC2)CC1. The summed E-state index contributed by atoms with van der Waals surface area (Å²) in [6, 6.07) is 0.794. The molecule has 0 unspecified atom stereocenters. The van der Waals surface area contributed by atoms with Crippen LogP contribution in [0.4, 0.5) is 0 Å². The third-order valence-electron chi connectivity index (χ3n) is 7.63. The van der Waals surface area contributed by atoms with Crippen LogP contribution in [-0.4, -0.2) is 11.6 Å². The lowest BCUT2D eigenvalue weighted by atomic mass is 9.70. The summed E-state index contributed by atoms with van der Waals surface area (Å²) in [7, 11) is 0. The van der Waals surface area contributed by atoms with Gasteiger partial charge >= 0.3 is 0 Å². The lowest BCUT2D eigenvalue weighted by molar-refractivity contribution is 0.108. The first kappa shape index (κ1) is 19.3. The highest BCUT2D eigenvalue weighted by Gasteiger charge is 2.38. The van der Waals surface area contributed by atoms with Gasteiger partial charge in [-0.25, -0.2) is 0 Å². The van der Waals surface area contributed by atoms with E-state index in [1.54, 1.807) is 0 Å². The van der Waals surface area contributed by atoms with E-state index in [1.165, 1.54) is 83.5 Å². The molecule has 0 aromatic carbocycles. The van der Waals surface area contributed by atoms with Crippen molar-refractivity contribution >= 4 is 0 Å². The van der Waals surface area contributed by atoms with E-state index in [0.29, 0.717) is 5.54 Å². The van der Waals surface area contributed by atoms with E-state index in [4.69, 9.17) is 0 Å². The standard InChI is InChI=1S/C22H43N/c1-5-18(6-2)19-14-16-21(17-15-19)23-22(7-3,8-4)20-12-10-9-11-13-20/h18-21,23H,5-17H2,1-4H3. The molecular weight excluding hydrogens is 278 g/mol. The molecule has 0 atom stereocenters. The third kappa shape index (κ3) is 4.74. The van der Waals surface area contributed by atoms with Crippen LogP contribution in [0.5, 0.6) is 0 Å². The van der Waals surface area contributed by atoms with Gasteiger partial charge in [0.25, 0.3) is 0 Å². The van der Waals surface area contributed by atoms with Gasteiger partial charge in [0.1, 0.15) is 0 Å². The maximum atomic E-state index is 4.23. The summed E-state index contributed by atoms with van der Waals surface area (Å²) in [5, 5.41) is 4.23. The van der Waals surface area contributed by atoms with Gasteiger partial charge < -0.3 is 5.32 Å². The normalized spacial score (nSPS) is 27.5. The predicted molar refractivity (Wildman–Crippen MR) is 103 cm³/mol. The molecule has 0 spiro atoms. The summed E-state index contributed by atoms with van der Waals surface area (Å²) in [5.74, 6) is 2.93. The Morgan fingerprint density at radius 3 is 1.83 bits per heavy atom. The Labute approximate surface area is 146 Å². The Bertz CT molecular complexity index is 302. The molecule has 2 aliphatic carbocycles. The predicted octanol–water partition coefficient (Wildman–Crippen LogP) is 6.71. The highest BCUT2D eigenvalue weighted by molar-refractivity contribution is 4.96. The largest absolute Gasteiger partial charge is 0.308 e. The van der Waals surface area contributed by atoms with Crippen molar-refractivity contribution in [2.75, 3.05) is 0 Å². The highest BCUT2D eigenvalue weighted by Crippen LogP contribution is 2.39. The Hall–Kier alpha value is -0.0400. The van der Waals surface area contributed by atoms with Crippen LogP contribution in [0, 0.1) is 17.8 Å². The van der Waals surface area contributed by atoms with E-state index in [1.807, 2.05) is 0 Å². The first-order valence-corrected chi connectivity index (χ1v) is 11.0. The average Bonchev–Trinajstić information content (AvgIpc) is 2.63. The van der Waals surface area contributed by atoms with E-state index in [9.17, 15) is 0 Å². The second-order valence-electron chi connectivity index (χ2n) is 8.53. The van der Waals surface area contributed by atoms with Crippen molar-refractivity contribution in [3.63, 3.8) is 0 Å². The minimum absolute atomic E-state index is 0.437.